The van der Waals surface area contributed by atoms with Crippen LogP contribution in [0.4, 0.5) is 0 Å². The van der Waals surface area contributed by atoms with Crippen LogP contribution in [0.15, 0.2) is 51.7 Å². The highest BCUT2D eigenvalue weighted by Crippen LogP contribution is 2.37. The summed E-state index contributed by atoms with van der Waals surface area (Å²) in [6.07, 6.45) is 1.44. The second-order valence-corrected chi connectivity index (χ2v) is 6.14. The molecule has 0 fully saturated rings. The van der Waals surface area contributed by atoms with Crippen LogP contribution in [-0.2, 0) is 13.0 Å². The van der Waals surface area contributed by atoms with Crippen molar-refractivity contribution in [2.75, 3.05) is 0 Å². The molecular formula is C21H20O5. The van der Waals surface area contributed by atoms with Crippen molar-refractivity contribution in [3.8, 4) is 11.5 Å². The quantitative estimate of drug-likeness (QED) is 0.530. The Labute approximate surface area is 150 Å². The van der Waals surface area contributed by atoms with Crippen molar-refractivity contribution in [2.45, 2.75) is 33.3 Å². The standard InChI is InChI=1S/C21H20O5/c1-3-7-15-10-18(24)26-21-19(13(2)22)16(23)11-17(20(15)21)25-12-14-8-5-4-6-9-14/h4-6,8-11,23H,3,7,12H2,1-2H3. The lowest BCUT2D eigenvalue weighted by Gasteiger charge is -2.15. The normalized spacial score (nSPS) is 10.8. The van der Waals surface area contributed by atoms with Gasteiger partial charge < -0.3 is 14.3 Å². The molecule has 26 heavy (non-hydrogen) atoms. The fourth-order valence-corrected chi connectivity index (χ4v) is 3.03. The van der Waals surface area contributed by atoms with Crippen molar-refractivity contribution in [3.05, 3.63) is 69.6 Å². The van der Waals surface area contributed by atoms with Gasteiger partial charge >= 0.3 is 5.63 Å². The number of hydrogen-bond donors (Lipinski definition) is 1. The highest BCUT2D eigenvalue weighted by atomic mass is 16.5. The van der Waals surface area contributed by atoms with Gasteiger partial charge in [-0.2, -0.15) is 0 Å². The van der Waals surface area contributed by atoms with E-state index in [9.17, 15) is 14.7 Å². The van der Waals surface area contributed by atoms with Gasteiger partial charge in [0.25, 0.3) is 0 Å². The van der Waals surface area contributed by atoms with Crippen molar-refractivity contribution in [2.24, 2.45) is 0 Å². The Kier molecular flexibility index (Phi) is 5.07. The molecule has 3 aromatic rings. The number of phenols is 1. The maximum Gasteiger partial charge on any atom is 0.336 e. The lowest BCUT2D eigenvalue weighted by atomic mass is 9.99. The van der Waals surface area contributed by atoms with Crippen LogP contribution < -0.4 is 10.4 Å². The maximum absolute atomic E-state index is 12.0. The first kappa shape index (κ1) is 17.7. The molecule has 0 aliphatic heterocycles. The summed E-state index contributed by atoms with van der Waals surface area (Å²) in [6, 6.07) is 12.4. The van der Waals surface area contributed by atoms with Gasteiger partial charge in [0.15, 0.2) is 11.4 Å². The molecule has 0 saturated carbocycles. The Morgan fingerprint density at radius 3 is 2.58 bits per heavy atom. The van der Waals surface area contributed by atoms with Crippen LogP contribution in [0.5, 0.6) is 11.5 Å². The number of phenolic OH excluding ortho intramolecular Hbond substituents is 1. The molecule has 0 aliphatic carbocycles. The van der Waals surface area contributed by atoms with Gasteiger partial charge in [-0.05, 0) is 24.5 Å². The molecule has 5 nitrogen and oxygen atoms in total. The summed E-state index contributed by atoms with van der Waals surface area (Å²) in [5.41, 5.74) is 1.23. The first-order chi connectivity index (χ1) is 12.5. The van der Waals surface area contributed by atoms with E-state index in [1.807, 2.05) is 37.3 Å². The minimum absolute atomic E-state index is 0.00196. The lowest BCUT2D eigenvalue weighted by molar-refractivity contribution is 0.101. The smallest absolute Gasteiger partial charge is 0.336 e. The summed E-state index contributed by atoms with van der Waals surface area (Å²) in [7, 11) is 0. The van der Waals surface area contributed by atoms with Crippen molar-refractivity contribution >= 4 is 16.8 Å². The zero-order valence-corrected chi connectivity index (χ0v) is 14.7. The van der Waals surface area contributed by atoms with E-state index in [0.717, 1.165) is 17.5 Å². The second kappa shape index (κ2) is 7.44. The molecule has 1 aromatic heterocycles. The minimum Gasteiger partial charge on any atom is -0.507 e. The first-order valence-electron chi connectivity index (χ1n) is 8.51. The van der Waals surface area contributed by atoms with Gasteiger partial charge in [-0.3, -0.25) is 4.79 Å². The van der Waals surface area contributed by atoms with Crippen LogP contribution in [0.25, 0.3) is 11.0 Å². The molecular weight excluding hydrogens is 332 g/mol. The van der Waals surface area contributed by atoms with E-state index in [0.29, 0.717) is 24.2 Å². The van der Waals surface area contributed by atoms with Crippen LogP contribution in [0.3, 0.4) is 0 Å². The van der Waals surface area contributed by atoms with Gasteiger partial charge in [0, 0.05) is 12.1 Å². The fourth-order valence-electron chi connectivity index (χ4n) is 3.03. The lowest BCUT2D eigenvalue weighted by Crippen LogP contribution is -2.06. The fraction of sp³-hybridized carbons (Fsp3) is 0.238. The number of carbonyl (C=O) groups is 1. The summed E-state index contributed by atoms with van der Waals surface area (Å²) in [4.78, 5) is 23.9. The zero-order valence-electron chi connectivity index (χ0n) is 14.7. The average Bonchev–Trinajstić information content (AvgIpc) is 2.60. The molecule has 1 heterocycles. The summed E-state index contributed by atoms with van der Waals surface area (Å²) in [5.74, 6) is -0.248. The van der Waals surface area contributed by atoms with E-state index >= 15 is 0 Å². The topological polar surface area (TPSA) is 76.7 Å². The predicted molar refractivity (Wildman–Crippen MR) is 98.9 cm³/mol. The molecule has 0 bridgehead atoms. The molecule has 0 spiro atoms. The monoisotopic (exact) mass is 352 g/mol. The van der Waals surface area contributed by atoms with E-state index < -0.39 is 5.63 Å². The largest absolute Gasteiger partial charge is 0.507 e. The van der Waals surface area contributed by atoms with Gasteiger partial charge in [-0.1, -0.05) is 43.7 Å². The van der Waals surface area contributed by atoms with Gasteiger partial charge in [0.2, 0.25) is 0 Å². The number of aromatic hydroxyl groups is 1. The SMILES string of the molecule is CCCc1cc(=O)oc2c(C(C)=O)c(O)cc(OCc3ccccc3)c12. The van der Waals surface area contributed by atoms with E-state index in [2.05, 4.69) is 0 Å². The molecule has 134 valence electrons. The number of ketones is 1. The minimum atomic E-state index is -0.553. The number of ether oxygens (including phenoxy) is 1. The second-order valence-electron chi connectivity index (χ2n) is 6.14. The van der Waals surface area contributed by atoms with Gasteiger partial charge in [-0.15, -0.1) is 0 Å². The highest BCUT2D eigenvalue weighted by molar-refractivity contribution is 6.09. The Balaban J connectivity index is 2.20. The van der Waals surface area contributed by atoms with Gasteiger partial charge in [0.05, 0.1) is 5.39 Å². The number of carbonyl (C=O) groups excluding carboxylic acids is 1. The number of hydrogen-bond acceptors (Lipinski definition) is 5. The predicted octanol–water partition coefficient (Wildman–Crippen LogP) is 4.23. The Hall–Kier alpha value is -3.08. The molecule has 0 unspecified atom stereocenters. The zero-order chi connectivity index (χ0) is 18.7. The molecule has 0 radical (unpaired) electrons. The van der Waals surface area contributed by atoms with E-state index in [4.69, 9.17) is 9.15 Å². The van der Waals surface area contributed by atoms with Crippen LogP contribution in [0, 0.1) is 0 Å². The third kappa shape index (κ3) is 3.47. The number of benzene rings is 2. The van der Waals surface area contributed by atoms with Crippen LogP contribution in [0.1, 0.15) is 41.8 Å². The third-order valence-corrected chi connectivity index (χ3v) is 4.15. The van der Waals surface area contributed by atoms with Crippen LogP contribution >= 0.6 is 0 Å². The molecule has 2 aromatic carbocycles. The van der Waals surface area contributed by atoms with Gasteiger partial charge in [0.1, 0.15) is 23.7 Å². The Morgan fingerprint density at radius 2 is 1.92 bits per heavy atom. The maximum atomic E-state index is 12.0. The summed E-state index contributed by atoms with van der Waals surface area (Å²) in [6.45, 7) is 3.61. The Morgan fingerprint density at radius 1 is 1.19 bits per heavy atom. The summed E-state index contributed by atoms with van der Waals surface area (Å²) >= 11 is 0. The van der Waals surface area contributed by atoms with Crippen molar-refractivity contribution in [1.82, 2.24) is 0 Å². The number of rotatable bonds is 6. The van der Waals surface area contributed by atoms with E-state index in [-0.39, 0.29) is 22.7 Å². The van der Waals surface area contributed by atoms with Crippen LogP contribution in [-0.4, -0.2) is 10.9 Å². The van der Waals surface area contributed by atoms with Crippen molar-refractivity contribution in [3.63, 3.8) is 0 Å². The highest BCUT2D eigenvalue weighted by Gasteiger charge is 2.21. The van der Waals surface area contributed by atoms with E-state index in [1.54, 1.807) is 0 Å². The first-order valence-corrected chi connectivity index (χ1v) is 8.51. The van der Waals surface area contributed by atoms with Crippen molar-refractivity contribution < 1.29 is 19.1 Å². The number of fused-ring (bicyclic) bond motifs is 1. The van der Waals surface area contributed by atoms with Crippen molar-refractivity contribution in [1.29, 1.82) is 0 Å². The van der Waals surface area contributed by atoms with E-state index in [1.165, 1.54) is 19.1 Å². The Bertz CT molecular complexity index is 1000. The summed E-state index contributed by atoms with van der Waals surface area (Å²) < 4.78 is 11.2. The average molecular weight is 352 g/mol. The molecule has 1 N–H and O–H groups in total. The molecule has 0 atom stereocenters. The summed E-state index contributed by atoms with van der Waals surface area (Å²) in [5, 5.41) is 10.9. The molecule has 0 amide bonds. The molecule has 0 aliphatic rings. The molecule has 0 saturated heterocycles. The van der Waals surface area contributed by atoms with Gasteiger partial charge in [-0.25, -0.2) is 4.79 Å². The third-order valence-electron chi connectivity index (χ3n) is 4.15. The molecule has 3 rings (SSSR count). The molecule has 5 heteroatoms. The van der Waals surface area contributed by atoms with Crippen LogP contribution in [0.2, 0.25) is 0 Å². The number of Topliss-reactive ketones (excluding diaryl/α,β-unsaturated/α-hetero) is 1. The number of aryl methyl sites for hydroxylation is 1.